The molecule has 0 heterocycles. The number of anilines is 1. The summed E-state index contributed by atoms with van der Waals surface area (Å²) >= 11 is 0. The lowest BCUT2D eigenvalue weighted by molar-refractivity contribution is -0.121. The lowest BCUT2D eigenvalue weighted by Gasteiger charge is -2.23. The first-order valence-electron chi connectivity index (χ1n) is 6.75. The number of hydrogen-bond donors (Lipinski definition) is 2. The smallest absolute Gasteiger partial charge is 0.339 e. The molecular weight excluding hydrogens is 256 g/mol. The van der Waals surface area contributed by atoms with E-state index in [1.165, 1.54) is 7.11 Å². The quantitative estimate of drug-likeness (QED) is 0.827. The molecule has 1 aliphatic carbocycles. The van der Waals surface area contributed by atoms with Gasteiger partial charge in [-0.2, -0.15) is 0 Å². The highest BCUT2D eigenvalue weighted by atomic mass is 16.5. The van der Waals surface area contributed by atoms with Gasteiger partial charge in [0.05, 0.1) is 23.9 Å². The van der Waals surface area contributed by atoms with Crippen molar-refractivity contribution >= 4 is 17.6 Å². The van der Waals surface area contributed by atoms with Crippen LogP contribution in [0.1, 0.15) is 41.6 Å². The second-order valence-corrected chi connectivity index (χ2v) is 5.36. The van der Waals surface area contributed by atoms with E-state index in [4.69, 9.17) is 10.5 Å². The molecule has 2 rings (SSSR count). The van der Waals surface area contributed by atoms with Crippen LogP contribution < -0.4 is 11.1 Å². The molecule has 5 heteroatoms. The highest BCUT2D eigenvalue weighted by molar-refractivity contribution is 6.04. The van der Waals surface area contributed by atoms with Crippen LogP contribution in [-0.4, -0.2) is 24.5 Å². The van der Waals surface area contributed by atoms with Gasteiger partial charge in [-0.15, -0.1) is 0 Å². The van der Waals surface area contributed by atoms with Gasteiger partial charge in [-0.25, -0.2) is 4.79 Å². The van der Waals surface area contributed by atoms with Gasteiger partial charge >= 0.3 is 5.97 Å². The van der Waals surface area contributed by atoms with E-state index in [1.54, 1.807) is 12.1 Å². The summed E-state index contributed by atoms with van der Waals surface area (Å²) in [6.07, 6.45) is 3.28. The van der Waals surface area contributed by atoms with Gasteiger partial charge < -0.3 is 15.8 Å². The molecule has 20 heavy (non-hydrogen) atoms. The molecule has 0 radical (unpaired) electrons. The molecule has 0 atom stereocenters. The second-order valence-electron chi connectivity index (χ2n) is 5.36. The van der Waals surface area contributed by atoms with E-state index in [2.05, 4.69) is 5.32 Å². The summed E-state index contributed by atoms with van der Waals surface area (Å²) in [7, 11) is 1.32. The number of carbonyl (C=O) groups is 2. The van der Waals surface area contributed by atoms with Crippen molar-refractivity contribution in [1.82, 2.24) is 0 Å². The number of carbonyl (C=O) groups excluding carboxylic acids is 2. The highest BCUT2D eigenvalue weighted by Gasteiger charge is 2.37. The largest absolute Gasteiger partial charge is 0.465 e. The van der Waals surface area contributed by atoms with Crippen LogP contribution in [0.2, 0.25) is 0 Å². The second kappa shape index (κ2) is 5.63. The fourth-order valence-electron chi connectivity index (χ4n) is 2.53. The molecule has 1 fully saturated rings. The van der Waals surface area contributed by atoms with Crippen LogP contribution in [0.15, 0.2) is 18.2 Å². The number of aryl methyl sites for hydroxylation is 1. The van der Waals surface area contributed by atoms with Crippen molar-refractivity contribution in [3.8, 4) is 0 Å². The van der Waals surface area contributed by atoms with Crippen molar-refractivity contribution in [3.63, 3.8) is 0 Å². The minimum absolute atomic E-state index is 0.232. The average molecular weight is 276 g/mol. The van der Waals surface area contributed by atoms with Gasteiger partial charge in [0.25, 0.3) is 0 Å². The zero-order valence-electron chi connectivity index (χ0n) is 11.9. The van der Waals surface area contributed by atoms with Crippen molar-refractivity contribution in [2.75, 3.05) is 12.4 Å². The summed E-state index contributed by atoms with van der Waals surface area (Å²) in [6, 6.07) is 5.23. The van der Waals surface area contributed by atoms with Gasteiger partial charge in [0, 0.05) is 0 Å². The van der Waals surface area contributed by atoms with Gasteiger partial charge in [-0.05, 0) is 31.9 Å². The summed E-state index contributed by atoms with van der Waals surface area (Å²) in [6.45, 7) is 1.87. The first-order valence-corrected chi connectivity index (χ1v) is 6.75. The molecular formula is C15H20N2O3. The third kappa shape index (κ3) is 2.82. The van der Waals surface area contributed by atoms with E-state index in [0.717, 1.165) is 18.4 Å². The normalized spacial score (nSPS) is 16.8. The first-order chi connectivity index (χ1) is 9.46. The Labute approximate surface area is 118 Å². The first kappa shape index (κ1) is 14.5. The van der Waals surface area contributed by atoms with Gasteiger partial charge in [-0.3, -0.25) is 4.79 Å². The maximum atomic E-state index is 12.3. The van der Waals surface area contributed by atoms with Gasteiger partial charge in [0.2, 0.25) is 5.91 Å². The summed E-state index contributed by atoms with van der Waals surface area (Å²) in [5, 5.41) is 2.77. The van der Waals surface area contributed by atoms with E-state index < -0.39 is 11.5 Å². The number of esters is 1. The SMILES string of the molecule is COC(=O)c1cc(C)ccc1NC(=O)C1(N)CCCC1. The molecule has 1 aromatic carbocycles. The van der Waals surface area contributed by atoms with E-state index in [-0.39, 0.29) is 5.91 Å². The molecule has 3 N–H and O–H groups in total. The van der Waals surface area contributed by atoms with Crippen LogP contribution >= 0.6 is 0 Å². The summed E-state index contributed by atoms with van der Waals surface area (Å²) in [4.78, 5) is 24.1. The lowest BCUT2D eigenvalue weighted by atomic mass is 9.97. The molecule has 5 nitrogen and oxygen atoms in total. The highest BCUT2D eigenvalue weighted by Crippen LogP contribution is 2.29. The van der Waals surface area contributed by atoms with Crippen molar-refractivity contribution in [1.29, 1.82) is 0 Å². The van der Waals surface area contributed by atoms with Crippen molar-refractivity contribution < 1.29 is 14.3 Å². The molecule has 0 aromatic heterocycles. The van der Waals surface area contributed by atoms with Crippen LogP contribution in [0.25, 0.3) is 0 Å². The summed E-state index contributed by atoms with van der Waals surface area (Å²) in [5.74, 6) is -0.703. The predicted octanol–water partition coefficient (Wildman–Crippen LogP) is 1.99. The number of hydrogen-bond acceptors (Lipinski definition) is 4. The number of rotatable bonds is 3. The van der Waals surface area contributed by atoms with Crippen LogP contribution in [0.5, 0.6) is 0 Å². The zero-order chi connectivity index (χ0) is 14.8. The zero-order valence-corrected chi connectivity index (χ0v) is 11.9. The van der Waals surface area contributed by atoms with Crippen LogP contribution in [-0.2, 0) is 9.53 Å². The fourth-order valence-corrected chi connectivity index (χ4v) is 2.53. The minimum Gasteiger partial charge on any atom is -0.465 e. The van der Waals surface area contributed by atoms with Crippen LogP contribution in [0.4, 0.5) is 5.69 Å². The Morgan fingerprint density at radius 2 is 1.95 bits per heavy atom. The Balaban J connectivity index is 2.25. The number of nitrogens with two attached hydrogens (primary N) is 1. The van der Waals surface area contributed by atoms with Crippen LogP contribution in [0, 0.1) is 6.92 Å². The standard InChI is InChI=1S/C15H20N2O3/c1-10-5-6-12(11(9-10)13(18)20-2)17-14(19)15(16)7-3-4-8-15/h5-6,9H,3-4,7-8,16H2,1-2H3,(H,17,19). The van der Waals surface area contributed by atoms with Gasteiger partial charge in [-0.1, -0.05) is 24.5 Å². The number of ether oxygens (including phenoxy) is 1. The van der Waals surface area contributed by atoms with E-state index in [9.17, 15) is 9.59 Å². The van der Waals surface area contributed by atoms with Crippen molar-refractivity contribution in [3.05, 3.63) is 29.3 Å². The van der Waals surface area contributed by atoms with E-state index in [1.807, 2.05) is 13.0 Å². The molecule has 108 valence electrons. The Morgan fingerprint density at radius 1 is 1.30 bits per heavy atom. The molecule has 0 spiro atoms. The van der Waals surface area contributed by atoms with Crippen molar-refractivity contribution in [2.45, 2.75) is 38.1 Å². The van der Waals surface area contributed by atoms with Gasteiger partial charge in [0.1, 0.15) is 0 Å². The number of benzene rings is 1. The molecule has 1 amide bonds. The molecule has 0 unspecified atom stereocenters. The molecule has 0 aliphatic heterocycles. The molecule has 0 saturated heterocycles. The molecule has 1 aromatic rings. The third-order valence-corrected chi connectivity index (χ3v) is 3.78. The maximum absolute atomic E-state index is 12.3. The third-order valence-electron chi connectivity index (χ3n) is 3.78. The average Bonchev–Trinajstić information content (AvgIpc) is 2.88. The Morgan fingerprint density at radius 3 is 2.55 bits per heavy atom. The minimum atomic E-state index is -0.821. The number of methoxy groups -OCH3 is 1. The topological polar surface area (TPSA) is 81.4 Å². The molecule has 0 bridgehead atoms. The summed E-state index contributed by atoms with van der Waals surface area (Å²) in [5.41, 5.74) is 7.01. The monoisotopic (exact) mass is 276 g/mol. The summed E-state index contributed by atoms with van der Waals surface area (Å²) < 4.78 is 4.74. The van der Waals surface area contributed by atoms with Crippen LogP contribution in [0.3, 0.4) is 0 Å². The fraction of sp³-hybridized carbons (Fsp3) is 0.467. The Kier molecular flexibility index (Phi) is 4.09. The van der Waals surface area contributed by atoms with Gasteiger partial charge in [0.15, 0.2) is 0 Å². The number of amides is 1. The Hall–Kier alpha value is -1.88. The number of nitrogens with one attached hydrogen (secondary N) is 1. The Bertz CT molecular complexity index is 534. The maximum Gasteiger partial charge on any atom is 0.339 e. The van der Waals surface area contributed by atoms with E-state index in [0.29, 0.717) is 24.1 Å². The predicted molar refractivity (Wildman–Crippen MR) is 76.5 cm³/mol. The van der Waals surface area contributed by atoms with Crippen molar-refractivity contribution in [2.24, 2.45) is 5.73 Å². The molecule has 1 aliphatic rings. The molecule has 1 saturated carbocycles. The lowest BCUT2D eigenvalue weighted by Crippen LogP contribution is -2.48. The van der Waals surface area contributed by atoms with E-state index >= 15 is 0 Å².